The Labute approximate surface area is 187 Å². The van der Waals surface area contributed by atoms with Crippen molar-refractivity contribution in [2.24, 2.45) is 10.9 Å². The minimum Gasteiger partial charge on any atom is -0.357 e. The molecule has 1 aromatic rings. The van der Waals surface area contributed by atoms with Crippen molar-refractivity contribution in [3.63, 3.8) is 0 Å². The van der Waals surface area contributed by atoms with E-state index in [0.717, 1.165) is 37.7 Å². The molecule has 1 aromatic carbocycles. The van der Waals surface area contributed by atoms with Crippen LogP contribution in [0, 0.1) is 5.92 Å². The van der Waals surface area contributed by atoms with Gasteiger partial charge in [-0.3, -0.25) is 4.79 Å². The van der Waals surface area contributed by atoms with Gasteiger partial charge < -0.3 is 20.4 Å². The second-order valence-corrected chi connectivity index (χ2v) is 7.62. The summed E-state index contributed by atoms with van der Waals surface area (Å²) in [6.45, 7) is 9.42. The fourth-order valence-corrected chi connectivity index (χ4v) is 3.28. The summed E-state index contributed by atoms with van der Waals surface area (Å²) in [6.07, 6.45) is 2.51. The Morgan fingerprint density at radius 1 is 1.32 bits per heavy atom. The number of piperidine rings is 1. The molecule has 1 atom stereocenters. The Hall–Kier alpha value is -1.35. The van der Waals surface area contributed by atoms with Crippen LogP contribution in [0.1, 0.15) is 42.6 Å². The van der Waals surface area contributed by atoms with Crippen molar-refractivity contribution in [2.45, 2.75) is 33.2 Å². The molecule has 0 aromatic heterocycles. The lowest BCUT2D eigenvalue weighted by atomic mass is 10.0. The first-order chi connectivity index (χ1) is 13.0. The highest BCUT2D eigenvalue weighted by Crippen LogP contribution is 2.16. The number of amides is 1. The SMILES string of the molecule is CCNC(=NCc1cccc(C(=O)NCCN(C)C)c1)N1CCCC(C)C1.I. The summed E-state index contributed by atoms with van der Waals surface area (Å²) in [4.78, 5) is 21.5. The molecule has 7 heteroatoms. The highest BCUT2D eigenvalue weighted by molar-refractivity contribution is 14.0. The zero-order valence-electron chi connectivity index (χ0n) is 17.7. The molecule has 0 spiro atoms. The number of hydrogen-bond acceptors (Lipinski definition) is 3. The highest BCUT2D eigenvalue weighted by Gasteiger charge is 2.19. The number of hydrogen-bond donors (Lipinski definition) is 2. The van der Waals surface area contributed by atoms with Crippen LogP contribution in [0.15, 0.2) is 29.3 Å². The van der Waals surface area contributed by atoms with Gasteiger partial charge in [-0.15, -0.1) is 24.0 Å². The molecular weight excluding hydrogens is 465 g/mol. The van der Waals surface area contributed by atoms with Gasteiger partial charge in [-0.05, 0) is 57.5 Å². The summed E-state index contributed by atoms with van der Waals surface area (Å²) < 4.78 is 0. The van der Waals surface area contributed by atoms with E-state index in [2.05, 4.69) is 34.3 Å². The minimum atomic E-state index is -0.0283. The van der Waals surface area contributed by atoms with Crippen molar-refractivity contribution in [1.29, 1.82) is 0 Å². The third-order valence-corrected chi connectivity index (χ3v) is 4.74. The van der Waals surface area contributed by atoms with Crippen molar-refractivity contribution >= 4 is 35.8 Å². The molecule has 1 aliphatic heterocycles. The van der Waals surface area contributed by atoms with Crippen LogP contribution in [-0.2, 0) is 6.54 Å². The van der Waals surface area contributed by atoms with Gasteiger partial charge in [-0.1, -0.05) is 19.1 Å². The Kier molecular flexibility index (Phi) is 11.4. The van der Waals surface area contributed by atoms with E-state index in [1.54, 1.807) is 0 Å². The topological polar surface area (TPSA) is 60.0 Å². The molecule has 158 valence electrons. The van der Waals surface area contributed by atoms with Crippen LogP contribution in [0.25, 0.3) is 0 Å². The van der Waals surface area contributed by atoms with Gasteiger partial charge in [0.1, 0.15) is 0 Å². The summed E-state index contributed by atoms with van der Waals surface area (Å²) in [5.74, 6) is 1.65. The molecule has 1 fully saturated rings. The molecular formula is C21H36IN5O. The predicted molar refractivity (Wildman–Crippen MR) is 128 cm³/mol. The zero-order valence-corrected chi connectivity index (χ0v) is 20.0. The van der Waals surface area contributed by atoms with Crippen LogP contribution in [0.2, 0.25) is 0 Å². The number of carbonyl (C=O) groups excluding carboxylic acids is 1. The summed E-state index contributed by atoms with van der Waals surface area (Å²) in [7, 11) is 3.99. The standard InChI is InChI=1S/C21H35N5O.HI/c1-5-22-21(26-12-7-8-17(2)16-26)24-15-18-9-6-10-19(14-18)20(27)23-11-13-25(3)4;/h6,9-10,14,17H,5,7-8,11-13,15-16H2,1-4H3,(H,22,24)(H,23,27);1H. The molecule has 0 radical (unpaired) electrons. The fourth-order valence-electron chi connectivity index (χ4n) is 3.28. The normalized spacial score (nSPS) is 17.2. The molecule has 1 unspecified atom stereocenters. The Morgan fingerprint density at radius 3 is 2.79 bits per heavy atom. The van der Waals surface area contributed by atoms with Crippen molar-refractivity contribution in [1.82, 2.24) is 20.4 Å². The summed E-state index contributed by atoms with van der Waals surface area (Å²) in [6, 6.07) is 7.76. The number of benzene rings is 1. The molecule has 1 aliphatic rings. The van der Waals surface area contributed by atoms with E-state index in [0.29, 0.717) is 24.6 Å². The van der Waals surface area contributed by atoms with E-state index in [1.807, 2.05) is 38.4 Å². The molecule has 6 nitrogen and oxygen atoms in total. The number of nitrogens with one attached hydrogen (secondary N) is 2. The highest BCUT2D eigenvalue weighted by atomic mass is 127. The minimum absolute atomic E-state index is 0. The maximum absolute atomic E-state index is 12.3. The van der Waals surface area contributed by atoms with Gasteiger partial charge in [0, 0.05) is 38.3 Å². The molecule has 0 saturated carbocycles. The molecule has 0 bridgehead atoms. The number of halogens is 1. The third-order valence-electron chi connectivity index (χ3n) is 4.74. The maximum Gasteiger partial charge on any atom is 0.251 e. The molecule has 0 aliphatic carbocycles. The maximum atomic E-state index is 12.3. The van der Waals surface area contributed by atoms with Gasteiger partial charge in [0.2, 0.25) is 0 Å². The monoisotopic (exact) mass is 501 g/mol. The summed E-state index contributed by atoms with van der Waals surface area (Å²) >= 11 is 0. The third kappa shape index (κ3) is 8.34. The number of nitrogens with zero attached hydrogens (tertiary/aromatic N) is 3. The average Bonchev–Trinajstić information content (AvgIpc) is 2.65. The van der Waals surface area contributed by atoms with E-state index < -0.39 is 0 Å². The number of likely N-dealkylation sites (tertiary alicyclic amines) is 1. The molecule has 1 heterocycles. The second kappa shape index (κ2) is 13.0. The van der Waals surface area contributed by atoms with Crippen LogP contribution in [0.4, 0.5) is 0 Å². The average molecular weight is 501 g/mol. The van der Waals surface area contributed by atoms with Gasteiger partial charge in [0.05, 0.1) is 6.54 Å². The van der Waals surface area contributed by atoms with Gasteiger partial charge in [-0.2, -0.15) is 0 Å². The second-order valence-electron chi connectivity index (χ2n) is 7.62. The van der Waals surface area contributed by atoms with Gasteiger partial charge in [0.25, 0.3) is 5.91 Å². The molecule has 2 N–H and O–H groups in total. The Morgan fingerprint density at radius 2 is 2.11 bits per heavy atom. The number of guanidine groups is 1. The summed E-state index contributed by atoms with van der Waals surface area (Å²) in [5.41, 5.74) is 1.74. The zero-order chi connectivity index (χ0) is 19.6. The first-order valence-electron chi connectivity index (χ1n) is 10.0. The van der Waals surface area contributed by atoms with E-state index in [-0.39, 0.29) is 29.9 Å². The van der Waals surface area contributed by atoms with E-state index >= 15 is 0 Å². The number of rotatable bonds is 7. The Bertz CT molecular complexity index is 635. The number of likely N-dealkylation sites (N-methyl/N-ethyl adjacent to an activating group) is 1. The van der Waals surface area contributed by atoms with Crippen LogP contribution < -0.4 is 10.6 Å². The predicted octanol–water partition coefficient (Wildman–Crippen LogP) is 2.79. The van der Waals surface area contributed by atoms with Crippen molar-refractivity contribution in [2.75, 3.05) is 46.8 Å². The molecule has 1 amide bonds. The van der Waals surface area contributed by atoms with Crippen molar-refractivity contribution in [3.8, 4) is 0 Å². The Balaban J connectivity index is 0.00000392. The van der Waals surface area contributed by atoms with Crippen LogP contribution in [-0.4, -0.2) is 68.5 Å². The lowest BCUT2D eigenvalue weighted by Crippen LogP contribution is -2.46. The van der Waals surface area contributed by atoms with Crippen molar-refractivity contribution in [3.05, 3.63) is 35.4 Å². The molecule has 28 heavy (non-hydrogen) atoms. The number of aliphatic imine (C=N–C) groups is 1. The van der Waals surface area contributed by atoms with Crippen LogP contribution in [0.5, 0.6) is 0 Å². The smallest absolute Gasteiger partial charge is 0.251 e. The van der Waals surface area contributed by atoms with E-state index in [4.69, 9.17) is 4.99 Å². The van der Waals surface area contributed by atoms with Crippen molar-refractivity contribution < 1.29 is 4.79 Å². The lowest BCUT2D eigenvalue weighted by Gasteiger charge is -2.33. The van der Waals surface area contributed by atoms with Gasteiger partial charge >= 0.3 is 0 Å². The van der Waals surface area contributed by atoms with Gasteiger partial charge in [0.15, 0.2) is 5.96 Å². The van der Waals surface area contributed by atoms with Crippen LogP contribution >= 0.6 is 24.0 Å². The lowest BCUT2D eigenvalue weighted by molar-refractivity contribution is 0.0951. The summed E-state index contributed by atoms with van der Waals surface area (Å²) in [5, 5.41) is 6.37. The van der Waals surface area contributed by atoms with E-state index in [1.165, 1.54) is 12.8 Å². The molecule has 2 rings (SSSR count). The first kappa shape index (κ1) is 24.7. The van der Waals surface area contributed by atoms with Crippen LogP contribution in [0.3, 0.4) is 0 Å². The largest absolute Gasteiger partial charge is 0.357 e. The van der Waals surface area contributed by atoms with E-state index in [9.17, 15) is 4.79 Å². The molecule has 1 saturated heterocycles. The first-order valence-corrected chi connectivity index (χ1v) is 10.0. The quantitative estimate of drug-likeness (QED) is 0.343. The number of carbonyl (C=O) groups is 1. The van der Waals surface area contributed by atoms with Gasteiger partial charge in [-0.25, -0.2) is 4.99 Å². The fraction of sp³-hybridized carbons (Fsp3) is 0.619.